The molecule has 0 N–H and O–H groups in total. The molecule has 1 aromatic heterocycles. The average molecular weight is 447 g/mol. The summed E-state index contributed by atoms with van der Waals surface area (Å²) in [4.78, 5) is 25.9. The summed E-state index contributed by atoms with van der Waals surface area (Å²) >= 11 is 5.89. The van der Waals surface area contributed by atoms with Crippen LogP contribution in [0, 0.1) is 13.8 Å². The summed E-state index contributed by atoms with van der Waals surface area (Å²) in [5.74, 6) is -0.452. The molecule has 0 spiro atoms. The highest BCUT2D eigenvalue weighted by Crippen LogP contribution is 2.22. The van der Waals surface area contributed by atoms with Gasteiger partial charge in [0, 0.05) is 21.7 Å². The molecule has 0 aliphatic heterocycles. The third-order valence-electron chi connectivity index (χ3n) is 4.91. The Morgan fingerprint density at radius 2 is 1.62 bits per heavy atom. The fraction of sp³-hybridized carbons (Fsp3) is 0.120. The topological polar surface area (TPSA) is 82.3 Å². The van der Waals surface area contributed by atoms with E-state index in [4.69, 9.17) is 20.8 Å². The van der Waals surface area contributed by atoms with E-state index in [9.17, 15) is 9.59 Å². The highest BCUT2D eigenvalue weighted by atomic mass is 35.5. The summed E-state index contributed by atoms with van der Waals surface area (Å²) in [6.45, 7) is 3.56. The summed E-state index contributed by atoms with van der Waals surface area (Å²) in [6.07, 6.45) is 0. The van der Waals surface area contributed by atoms with Gasteiger partial charge in [0.1, 0.15) is 0 Å². The first kappa shape index (κ1) is 21.5. The molecule has 0 amide bonds. The molecule has 0 saturated carbocycles. The molecule has 0 aliphatic carbocycles. The predicted octanol–water partition coefficient (Wildman–Crippen LogP) is 5.59. The van der Waals surface area contributed by atoms with Crippen LogP contribution >= 0.6 is 11.6 Å². The van der Waals surface area contributed by atoms with Crippen LogP contribution in [0.5, 0.6) is 0 Å². The van der Waals surface area contributed by atoms with Crippen LogP contribution in [0.2, 0.25) is 5.02 Å². The van der Waals surface area contributed by atoms with Gasteiger partial charge < -0.3 is 9.15 Å². The molecule has 4 aromatic rings. The van der Waals surface area contributed by atoms with E-state index in [0.29, 0.717) is 22.0 Å². The van der Waals surface area contributed by atoms with E-state index in [1.165, 1.54) is 0 Å². The predicted molar refractivity (Wildman–Crippen MR) is 120 cm³/mol. The number of ketones is 1. The molecule has 160 valence electrons. The quantitative estimate of drug-likeness (QED) is 0.283. The summed E-state index contributed by atoms with van der Waals surface area (Å²) < 4.78 is 10.9. The number of benzene rings is 3. The second-order valence-corrected chi connectivity index (χ2v) is 7.71. The van der Waals surface area contributed by atoms with E-state index in [-0.39, 0.29) is 29.4 Å². The SMILES string of the molecule is Cc1ccc(C)c(C(=O)c2ccccc2C(=O)OCc2nnc(-c3ccc(Cl)cc3)o2)c1. The van der Waals surface area contributed by atoms with Crippen LogP contribution in [0.25, 0.3) is 11.5 Å². The van der Waals surface area contributed by atoms with Gasteiger partial charge in [0.15, 0.2) is 12.4 Å². The van der Waals surface area contributed by atoms with Gasteiger partial charge in [0.2, 0.25) is 5.89 Å². The minimum atomic E-state index is -0.648. The molecule has 0 atom stereocenters. The Labute approximate surface area is 189 Å². The number of hydrogen-bond acceptors (Lipinski definition) is 6. The van der Waals surface area contributed by atoms with Gasteiger partial charge in [-0.25, -0.2) is 4.79 Å². The van der Waals surface area contributed by atoms with Gasteiger partial charge in [-0.1, -0.05) is 47.5 Å². The molecule has 0 aliphatic rings. The van der Waals surface area contributed by atoms with Crippen molar-refractivity contribution in [1.29, 1.82) is 0 Å². The maximum atomic E-state index is 13.1. The number of aromatic nitrogens is 2. The zero-order valence-electron chi connectivity index (χ0n) is 17.5. The Kier molecular flexibility index (Phi) is 6.14. The zero-order valence-corrected chi connectivity index (χ0v) is 18.2. The second-order valence-electron chi connectivity index (χ2n) is 7.28. The van der Waals surface area contributed by atoms with Crippen molar-refractivity contribution >= 4 is 23.4 Å². The highest BCUT2D eigenvalue weighted by molar-refractivity contribution is 6.30. The summed E-state index contributed by atoms with van der Waals surface area (Å²) in [5, 5.41) is 8.47. The molecule has 0 saturated heterocycles. The summed E-state index contributed by atoms with van der Waals surface area (Å²) in [6, 6.07) is 19.1. The molecule has 0 bridgehead atoms. The van der Waals surface area contributed by atoms with Crippen LogP contribution in [-0.2, 0) is 11.3 Å². The van der Waals surface area contributed by atoms with Crippen LogP contribution < -0.4 is 0 Å². The minimum Gasteiger partial charge on any atom is -0.452 e. The average Bonchev–Trinajstić information content (AvgIpc) is 3.28. The van der Waals surface area contributed by atoms with Crippen molar-refractivity contribution in [3.63, 3.8) is 0 Å². The number of rotatable bonds is 6. The number of halogens is 1. The van der Waals surface area contributed by atoms with Crippen LogP contribution in [0.4, 0.5) is 0 Å². The molecule has 6 nitrogen and oxygen atoms in total. The molecule has 0 fully saturated rings. The lowest BCUT2D eigenvalue weighted by Crippen LogP contribution is -2.13. The van der Waals surface area contributed by atoms with Gasteiger partial charge in [-0.05, 0) is 55.8 Å². The molecule has 1 heterocycles. The minimum absolute atomic E-state index is 0.140. The van der Waals surface area contributed by atoms with Gasteiger partial charge >= 0.3 is 5.97 Å². The van der Waals surface area contributed by atoms with E-state index in [1.54, 1.807) is 48.5 Å². The lowest BCUT2D eigenvalue weighted by molar-refractivity contribution is 0.0436. The monoisotopic (exact) mass is 446 g/mol. The number of aryl methyl sites for hydroxylation is 2. The molecule has 7 heteroatoms. The van der Waals surface area contributed by atoms with Crippen LogP contribution in [0.15, 0.2) is 71.1 Å². The van der Waals surface area contributed by atoms with Crippen LogP contribution in [-0.4, -0.2) is 21.9 Å². The molecular weight excluding hydrogens is 428 g/mol. The number of ether oxygens (including phenoxy) is 1. The molecular formula is C25H19ClN2O4. The molecule has 32 heavy (non-hydrogen) atoms. The van der Waals surface area contributed by atoms with Crippen molar-refractivity contribution in [2.45, 2.75) is 20.5 Å². The number of carbonyl (C=O) groups is 2. The normalized spacial score (nSPS) is 10.7. The molecule has 0 unspecified atom stereocenters. The van der Waals surface area contributed by atoms with Crippen molar-refractivity contribution in [3.05, 3.63) is 105 Å². The van der Waals surface area contributed by atoms with Crippen molar-refractivity contribution in [1.82, 2.24) is 10.2 Å². The maximum absolute atomic E-state index is 13.1. The number of hydrogen-bond donors (Lipinski definition) is 0. The first-order chi connectivity index (χ1) is 15.4. The fourth-order valence-corrected chi connectivity index (χ4v) is 3.34. The van der Waals surface area contributed by atoms with Gasteiger partial charge in [0.25, 0.3) is 5.89 Å². The fourth-order valence-electron chi connectivity index (χ4n) is 3.21. The van der Waals surface area contributed by atoms with Gasteiger partial charge in [-0.15, -0.1) is 10.2 Å². The van der Waals surface area contributed by atoms with Crippen LogP contribution in [0.1, 0.15) is 43.3 Å². The van der Waals surface area contributed by atoms with E-state index in [0.717, 1.165) is 11.1 Å². The van der Waals surface area contributed by atoms with Crippen molar-refractivity contribution in [2.24, 2.45) is 0 Å². The van der Waals surface area contributed by atoms with Crippen molar-refractivity contribution in [3.8, 4) is 11.5 Å². The van der Waals surface area contributed by atoms with Crippen molar-refractivity contribution < 1.29 is 18.7 Å². The first-order valence-corrected chi connectivity index (χ1v) is 10.3. The third kappa shape index (κ3) is 4.60. The van der Waals surface area contributed by atoms with Gasteiger partial charge in [-0.2, -0.15) is 0 Å². The Balaban J connectivity index is 1.51. The largest absolute Gasteiger partial charge is 0.452 e. The third-order valence-corrected chi connectivity index (χ3v) is 5.17. The Morgan fingerprint density at radius 3 is 2.38 bits per heavy atom. The van der Waals surface area contributed by atoms with Crippen LogP contribution in [0.3, 0.4) is 0 Å². The van der Waals surface area contributed by atoms with Gasteiger partial charge in [0.05, 0.1) is 5.56 Å². The smallest absolute Gasteiger partial charge is 0.339 e. The van der Waals surface area contributed by atoms with E-state index < -0.39 is 5.97 Å². The molecule has 4 rings (SSSR count). The number of carbonyl (C=O) groups excluding carboxylic acids is 2. The summed E-state index contributed by atoms with van der Waals surface area (Å²) in [5.41, 5.74) is 3.50. The van der Waals surface area contributed by atoms with Gasteiger partial charge in [-0.3, -0.25) is 4.79 Å². The lowest BCUT2D eigenvalue weighted by atomic mass is 9.94. The van der Waals surface area contributed by atoms with E-state index in [1.807, 2.05) is 32.0 Å². The number of nitrogens with zero attached hydrogens (tertiary/aromatic N) is 2. The first-order valence-electron chi connectivity index (χ1n) is 9.89. The zero-order chi connectivity index (χ0) is 22.7. The Hall–Kier alpha value is -3.77. The van der Waals surface area contributed by atoms with E-state index >= 15 is 0 Å². The summed E-state index contributed by atoms with van der Waals surface area (Å²) in [7, 11) is 0. The van der Waals surface area contributed by atoms with E-state index in [2.05, 4.69) is 10.2 Å². The molecule has 3 aromatic carbocycles. The Bertz CT molecular complexity index is 1300. The Morgan fingerprint density at radius 1 is 0.906 bits per heavy atom. The maximum Gasteiger partial charge on any atom is 0.339 e. The highest BCUT2D eigenvalue weighted by Gasteiger charge is 2.21. The van der Waals surface area contributed by atoms with Crippen molar-refractivity contribution in [2.75, 3.05) is 0 Å². The lowest BCUT2D eigenvalue weighted by Gasteiger charge is -2.10. The number of esters is 1. The molecule has 0 radical (unpaired) electrons. The second kappa shape index (κ2) is 9.16. The standard InChI is InChI=1S/C25H19ClN2O4/c1-15-7-8-16(2)21(13-15)23(29)19-5-3-4-6-20(19)25(30)31-14-22-27-28-24(32-22)17-9-11-18(26)12-10-17/h3-13H,14H2,1-2H3.